The van der Waals surface area contributed by atoms with Crippen molar-refractivity contribution < 1.29 is 9.84 Å². The first kappa shape index (κ1) is 15.0. The summed E-state index contributed by atoms with van der Waals surface area (Å²) < 4.78 is 5.72. The second kappa shape index (κ2) is 6.92. The van der Waals surface area contributed by atoms with Crippen LogP contribution in [0.4, 0.5) is 0 Å². The zero-order valence-corrected chi connectivity index (χ0v) is 13.3. The molecule has 22 heavy (non-hydrogen) atoms. The third kappa shape index (κ3) is 3.65. The molecule has 1 N–H and O–H groups in total. The quantitative estimate of drug-likeness (QED) is 0.746. The Hall–Kier alpha value is -1.88. The number of aliphatic hydroxyl groups excluding tert-OH is 1. The first-order valence-corrected chi connectivity index (χ1v) is 8.03. The molecule has 5 heteroatoms. The fraction of sp³-hybridized carbons (Fsp3) is 0.118. The van der Waals surface area contributed by atoms with Crippen LogP contribution in [0.1, 0.15) is 10.6 Å². The molecule has 0 atom stereocenters. The predicted octanol–water partition coefficient (Wildman–Crippen LogP) is 4.53. The number of benzene rings is 2. The highest BCUT2D eigenvalue weighted by molar-refractivity contribution is 7.09. The predicted molar refractivity (Wildman–Crippen MR) is 89.3 cm³/mol. The summed E-state index contributed by atoms with van der Waals surface area (Å²) in [7, 11) is 0. The molecule has 1 aromatic heterocycles. The normalized spacial score (nSPS) is 10.6. The molecule has 0 unspecified atom stereocenters. The Morgan fingerprint density at radius 2 is 1.95 bits per heavy atom. The highest BCUT2D eigenvalue weighted by atomic mass is 35.5. The van der Waals surface area contributed by atoms with E-state index in [2.05, 4.69) is 4.98 Å². The molecule has 0 aliphatic carbocycles. The number of ether oxygens (including phenoxy) is 1. The summed E-state index contributed by atoms with van der Waals surface area (Å²) in [5.74, 6) is 0.731. The fourth-order valence-corrected chi connectivity index (χ4v) is 2.85. The second-order valence-electron chi connectivity index (χ2n) is 4.73. The van der Waals surface area contributed by atoms with Crippen molar-refractivity contribution in [3.63, 3.8) is 0 Å². The van der Waals surface area contributed by atoms with Crippen molar-refractivity contribution in [2.75, 3.05) is 0 Å². The van der Waals surface area contributed by atoms with Crippen LogP contribution < -0.4 is 4.74 Å². The Bertz CT molecular complexity index is 755. The van der Waals surface area contributed by atoms with E-state index in [9.17, 15) is 0 Å². The van der Waals surface area contributed by atoms with E-state index < -0.39 is 0 Å². The van der Waals surface area contributed by atoms with E-state index in [-0.39, 0.29) is 6.61 Å². The van der Waals surface area contributed by atoms with E-state index >= 15 is 0 Å². The lowest BCUT2D eigenvalue weighted by Gasteiger charge is -2.05. The third-order valence-corrected chi connectivity index (χ3v) is 4.21. The topological polar surface area (TPSA) is 42.4 Å². The van der Waals surface area contributed by atoms with Crippen molar-refractivity contribution in [1.29, 1.82) is 0 Å². The monoisotopic (exact) mass is 331 g/mol. The minimum Gasteiger partial charge on any atom is -0.486 e. The van der Waals surface area contributed by atoms with Gasteiger partial charge in [-0.05, 0) is 29.8 Å². The van der Waals surface area contributed by atoms with Gasteiger partial charge in [-0.15, -0.1) is 11.3 Å². The molecule has 0 saturated carbocycles. The summed E-state index contributed by atoms with van der Waals surface area (Å²) in [6.07, 6.45) is 0. The van der Waals surface area contributed by atoms with Crippen molar-refractivity contribution >= 4 is 22.9 Å². The number of rotatable bonds is 5. The van der Waals surface area contributed by atoms with Gasteiger partial charge in [0.15, 0.2) is 0 Å². The number of aromatic nitrogens is 1. The Morgan fingerprint density at radius 3 is 2.73 bits per heavy atom. The minimum absolute atomic E-state index is 0.00909. The molecule has 0 fully saturated rings. The molecular weight excluding hydrogens is 318 g/mol. The van der Waals surface area contributed by atoms with Gasteiger partial charge in [-0.2, -0.15) is 0 Å². The molecule has 3 rings (SSSR count). The maximum absolute atomic E-state index is 9.12. The van der Waals surface area contributed by atoms with Crippen LogP contribution in [0.15, 0.2) is 53.9 Å². The van der Waals surface area contributed by atoms with Gasteiger partial charge in [-0.1, -0.05) is 35.9 Å². The average Bonchev–Trinajstić information content (AvgIpc) is 3.03. The van der Waals surface area contributed by atoms with Gasteiger partial charge < -0.3 is 9.84 Å². The smallest absolute Gasteiger partial charge is 0.140 e. The molecule has 0 aliphatic heterocycles. The average molecular weight is 332 g/mol. The molecule has 0 bridgehead atoms. The molecule has 0 aliphatic rings. The molecule has 1 heterocycles. The van der Waals surface area contributed by atoms with E-state index in [4.69, 9.17) is 21.4 Å². The SMILES string of the molecule is OCc1cccc(OCc2nc(-c3ccc(Cl)cc3)cs2)c1. The number of halogens is 1. The lowest BCUT2D eigenvalue weighted by Crippen LogP contribution is -1.95. The molecule has 3 nitrogen and oxygen atoms in total. The summed E-state index contributed by atoms with van der Waals surface area (Å²) in [5.41, 5.74) is 2.79. The van der Waals surface area contributed by atoms with Crippen LogP contribution in [0.5, 0.6) is 5.75 Å². The van der Waals surface area contributed by atoms with Gasteiger partial charge in [-0.25, -0.2) is 4.98 Å². The van der Waals surface area contributed by atoms with Crippen molar-refractivity contribution in [2.45, 2.75) is 13.2 Å². The van der Waals surface area contributed by atoms with Crippen LogP contribution in [0.3, 0.4) is 0 Å². The van der Waals surface area contributed by atoms with Gasteiger partial charge in [0.05, 0.1) is 12.3 Å². The van der Waals surface area contributed by atoms with Crippen LogP contribution in [0.25, 0.3) is 11.3 Å². The minimum atomic E-state index is 0.00909. The highest BCUT2D eigenvalue weighted by Crippen LogP contribution is 2.24. The van der Waals surface area contributed by atoms with Gasteiger partial charge in [0.1, 0.15) is 17.4 Å². The number of nitrogens with zero attached hydrogens (tertiary/aromatic N) is 1. The van der Waals surface area contributed by atoms with Crippen LogP contribution in [-0.4, -0.2) is 10.1 Å². The zero-order chi connectivity index (χ0) is 15.4. The van der Waals surface area contributed by atoms with Crippen molar-refractivity contribution in [3.8, 4) is 17.0 Å². The van der Waals surface area contributed by atoms with Gasteiger partial charge in [0, 0.05) is 16.0 Å². The fourth-order valence-electron chi connectivity index (χ4n) is 2.01. The van der Waals surface area contributed by atoms with Crippen molar-refractivity contribution in [3.05, 3.63) is 69.5 Å². The molecule has 112 valence electrons. The lowest BCUT2D eigenvalue weighted by molar-refractivity contribution is 0.278. The van der Waals surface area contributed by atoms with Crippen LogP contribution in [-0.2, 0) is 13.2 Å². The first-order chi connectivity index (χ1) is 10.7. The van der Waals surface area contributed by atoms with Gasteiger partial charge in [-0.3, -0.25) is 0 Å². The van der Waals surface area contributed by atoms with Gasteiger partial charge in [0.2, 0.25) is 0 Å². The van der Waals surface area contributed by atoms with Gasteiger partial charge in [0.25, 0.3) is 0 Å². The van der Waals surface area contributed by atoms with Crippen LogP contribution in [0, 0.1) is 0 Å². The Kier molecular flexibility index (Phi) is 4.73. The first-order valence-electron chi connectivity index (χ1n) is 6.77. The molecule has 2 aromatic carbocycles. The molecule has 3 aromatic rings. The summed E-state index contributed by atoms with van der Waals surface area (Å²) in [5, 5.41) is 12.7. The molecule has 0 radical (unpaired) electrons. The third-order valence-electron chi connectivity index (χ3n) is 3.14. The largest absolute Gasteiger partial charge is 0.486 e. The van der Waals surface area contributed by atoms with E-state index in [1.807, 2.05) is 53.9 Å². The molecule has 0 saturated heterocycles. The van der Waals surface area contributed by atoms with Gasteiger partial charge >= 0.3 is 0 Å². The molecular formula is C17H14ClNO2S. The van der Waals surface area contributed by atoms with Crippen LogP contribution >= 0.6 is 22.9 Å². The number of thiazole rings is 1. The molecule has 0 spiro atoms. The summed E-state index contributed by atoms with van der Waals surface area (Å²) in [6, 6.07) is 15.0. The van der Waals surface area contributed by atoms with E-state index in [0.717, 1.165) is 27.6 Å². The van der Waals surface area contributed by atoms with E-state index in [0.29, 0.717) is 11.6 Å². The Labute approximate surface area is 137 Å². The summed E-state index contributed by atoms with van der Waals surface area (Å²) in [6.45, 7) is 0.419. The molecule has 0 amide bonds. The van der Waals surface area contributed by atoms with E-state index in [1.54, 1.807) is 11.3 Å². The summed E-state index contributed by atoms with van der Waals surface area (Å²) >= 11 is 7.45. The number of hydrogen-bond acceptors (Lipinski definition) is 4. The lowest BCUT2D eigenvalue weighted by atomic mass is 10.2. The highest BCUT2D eigenvalue weighted by Gasteiger charge is 2.06. The number of aliphatic hydroxyl groups is 1. The van der Waals surface area contributed by atoms with E-state index in [1.165, 1.54) is 0 Å². The maximum Gasteiger partial charge on any atom is 0.140 e. The maximum atomic E-state index is 9.12. The Morgan fingerprint density at radius 1 is 1.14 bits per heavy atom. The summed E-state index contributed by atoms with van der Waals surface area (Å²) in [4.78, 5) is 4.57. The van der Waals surface area contributed by atoms with Crippen LogP contribution in [0.2, 0.25) is 5.02 Å². The zero-order valence-electron chi connectivity index (χ0n) is 11.7. The van der Waals surface area contributed by atoms with Crippen molar-refractivity contribution in [2.24, 2.45) is 0 Å². The van der Waals surface area contributed by atoms with Crippen molar-refractivity contribution in [1.82, 2.24) is 4.98 Å². The standard InChI is InChI=1S/C17H14ClNO2S/c18-14-6-4-13(5-7-14)16-11-22-17(19-16)10-21-15-3-1-2-12(8-15)9-20/h1-8,11,20H,9-10H2. The second-order valence-corrected chi connectivity index (χ2v) is 6.11. The Balaban J connectivity index is 1.67. The number of hydrogen-bond donors (Lipinski definition) is 1.